The second-order valence-corrected chi connectivity index (χ2v) is 6.74. The summed E-state index contributed by atoms with van der Waals surface area (Å²) in [6.07, 6.45) is 9.98. The topological polar surface area (TPSA) is 12.0 Å². The van der Waals surface area contributed by atoms with Gasteiger partial charge in [0.05, 0.1) is 0 Å². The summed E-state index contributed by atoms with van der Waals surface area (Å²) in [5.41, 5.74) is 0.840. The first-order chi connectivity index (χ1) is 10.2. The minimum Gasteiger partial charge on any atom is -0.313 e. The lowest BCUT2D eigenvalue weighted by Gasteiger charge is -2.27. The van der Waals surface area contributed by atoms with Gasteiger partial charge in [0.25, 0.3) is 0 Å². The molecule has 0 saturated heterocycles. The van der Waals surface area contributed by atoms with Crippen molar-refractivity contribution >= 4 is 0 Å². The zero-order valence-electron chi connectivity index (χ0n) is 12.6. The molecule has 1 N–H and O–H groups in total. The second kappa shape index (κ2) is 6.87. The molecule has 116 valence electrons. The Morgan fingerprint density at radius 3 is 2.10 bits per heavy atom. The summed E-state index contributed by atoms with van der Waals surface area (Å²) < 4.78 is 27.2. The van der Waals surface area contributed by atoms with Gasteiger partial charge in [0.15, 0.2) is 0 Å². The molecule has 0 aliphatic heterocycles. The summed E-state index contributed by atoms with van der Waals surface area (Å²) in [7, 11) is 0. The maximum Gasteiger partial charge on any atom is 0.126 e. The Kier molecular flexibility index (Phi) is 4.89. The smallest absolute Gasteiger partial charge is 0.126 e. The number of nitrogens with one attached hydrogen (secondary N) is 1. The van der Waals surface area contributed by atoms with Crippen LogP contribution < -0.4 is 5.32 Å². The molecule has 1 aromatic rings. The molecular formula is C18H25F2N. The Hall–Kier alpha value is -0.960. The lowest BCUT2D eigenvalue weighted by Crippen LogP contribution is -2.28. The van der Waals surface area contributed by atoms with E-state index in [0.29, 0.717) is 12.0 Å². The fraction of sp³-hybridized carbons (Fsp3) is 0.667. The lowest BCUT2D eigenvalue weighted by molar-refractivity contribution is 0.358. The van der Waals surface area contributed by atoms with Crippen molar-refractivity contribution in [2.75, 3.05) is 6.54 Å². The van der Waals surface area contributed by atoms with Crippen molar-refractivity contribution in [2.45, 2.75) is 63.3 Å². The third-order valence-corrected chi connectivity index (χ3v) is 4.99. The van der Waals surface area contributed by atoms with E-state index in [1.807, 2.05) is 0 Å². The van der Waals surface area contributed by atoms with Crippen molar-refractivity contribution in [1.29, 1.82) is 0 Å². The zero-order valence-corrected chi connectivity index (χ0v) is 12.6. The molecule has 3 rings (SSSR count). The molecule has 2 aliphatic rings. The molecule has 1 atom stereocenters. The zero-order chi connectivity index (χ0) is 14.7. The van der Waals surface area contributed by atoms with Gasteiger partial charge >= 0.3 is 0 Å². The highest BCUT2D eigenvalue weighted by molar-refractivity contribution is 5.23. The van der Waals surface area contributed by atoms with Gasteiger partial charge < -0.3 is 5.32 Å². The van der Waals surface area contributed by atoms with Crippen LogP contribution in [0.4, 0.5) is 8.78 Å². The highest BCUT2D eigenvalue weighted by Gasteiger charge is 2.28. The van der Waals surface area contributed by atoms with Crippen molar-refractivity contribution < 1.29 is 8.78 Å². The highest BCUT2D eigenvalue weighted by atomic mass is 19.1. The molecule has 0 bridgehead atoms. The molecule has 2 aliphatic carbocycles. The van der Waals surface area contributed by atoms with Crippen molar-refractivity contribution in [2.24, 2.45) is 5.92 Å². The quantitative estimate of drug-likeness (QED) is 0.771. The Morgan fingerprint density at radius 2 is 1.52 bits per heavy atom. The van der Waals surface area contributed by atoms with Crippen LogP contribution in [0.2, 0.25) is 0 Å². The SMILES string of the molecule is Fc1cc(F)cc(C(CNC2CC2)C2CCCCCC2)c1. The van der Waals surface area contributed by atoms with E-state index in [-0.39, 0.29) is 5.92 Å². The van der Waals surface area contributed by atoms with Crippen molar-refractivity contribution in [3.63, 3.8) is 0 Å². The Balaban J connectivity index is 1.78. The predicted octanol–water partition coefficient (Wildman–Crippen LogP) is 4.77. The van der Waals surface area contributed by atoms with Crippen LogP contribution in [0.5, 0.6) is 0 Å². The van der Waals surface area contributed by atoms with Crippen LogP contribution in [0.1, 0.15) is 62.8 Å². The standard InChI is InChI=1S/C18H25F2N/c19-15-9-14(10-16(20)11-15)18(12-21-17-7-8-17)13-5-3-1-2-4-6-13/h9-11,13,17-18,21H,1-8,12H2. The van der Waals surface area contributed by atoms with E-state index in [2.05, 4.69) is 5.32 Å². The molecule has 1 aromatic carbocycles. The van der Waals surface area contributed by atoms with E-state index in [0.717, 1.165) is 18.2 Å². The molecule has 1 unspecified atom stereocenters. The molecule has 2 saturated carbocycles. The summed E-state index contributed by atoms with van der Waals surface area (Å²) >= 11 is 0. The third-order valence-electron chi connectivity index (χ3n) is 4.99. The second-order valence-electron chi connectivity index (χ2n) is 6.74. The van der Waals surface area contributed by atoms with E-state index >= 15 is 0 Å². The van der Waals surface area contributed by atoms with E-state index in [4.69, 9.17) is 0 Å². The van der Waals surface area contributed by atoms with Crippen LogP contribution in [0.3, 0.4) is 0 Å². The summed E-state index contributed by atoms with van der Waals surface area (Å²) in [4.78, 5) is 0. The average molecular weight is 293 g/mol. The maximum atomic E-state index is 13.6. The molecule has 0 radical (unpaired) electrons. The van der Waals surface area contributed by atoms with Gasteiger partial charge in [-0.3, -0.25) is 0 Å². The molecule has 1 nitrogen and oxygen atoms in total. The van der Waals surface area contributed by atoms with Crippen molar-refractivity contribution in [3.8, 4) is 0 Å². The Labute approximate surface area is 126 Å². The fourth-order valence-corrected chi connectivity index (χ4v) is 3.64. The van der Waals surface area contributed by atoms with Crippen LogP contribution in [0, 0.1) is 17.6 Å². The van der Waals surface area contributed by atoms with Gasteiger partial charge in [-0.05, 0) is 55.2 Å². The van der Waals surface area contributed by atoms with Crippen LogP contribution in [0.15, 0.2) is 18.2 Å². The third kappa shape index (κ3) is 4.26. The number of benzene rings is 1. The Bertz CT molecular complexity index is 442. The van der Waals surface area contributed by atoms with Crippen LogP contribution in [-0.2, 0) is 0 Å². The van der Waals surface area contributed by atoms with Crippen molar-refractivity contribution in [3.05, 3.63) is 35.4 Å². The van der Waals surface area contributed by atoms with Crippen LogP contribution in [0.25, 0.3) is 0 Å². The predicted molar refractivity (Wildman–Crippen MR) is 81.3 cm³/mol. The molecule has 0 spiro atoms. The fourth-order valence-electron chi connectivity index (χ4n) is 3.64. The van der Waals surface area contributed by atoms with Crippen molar-refractivity contribution in [1.82, 2.24) is 5.32 Å². The molecule has 3 heteroatoms. The van der Waals surface area contributed by atoms with Gasteiger partial charge in [-0.25, -0.2) is 8.78 Å². The summed E-state index contributed by atoms with van der Waals surface area (Å²) in [5.74, 6) is -0.0982. The first-order valence-electron chi connectivity index (χ1n) is 8.42. The van der Waals surface area contributed by atoms with Gasteiger partial charge in [-0.1, -0.05) is 25.7 Å². The Morgan fingerprint density at radius 1 is 0.905 bits per heavy atom. The first kappa shape index (κ1) is 15.0. The highest BCUT2D eigenvalue weighted by Crippen LogP contribution is 2.36. The lowest BCUT2D eigenvalue weighted by atomic mass is 9.81. The monoisotopic (exact) mass is 293 g/mol. The van der Waals surface area contributed by atoms with Gasteiger partial charge in [0.2, 0.25) is 0 Å². The number of rotatable bonds is 5. The van der Waals surface area contributed by atoms with Gasteiger partial charge in [0, 0.05) is 18.7 Å². The number of hydrogen-bond donors (Lipinski definition) is 1. The van der Waals surface area contributed by atoms with Crippen LogP contribution in [-0.4, -0.2) is 12.6 Å². The summed E-state index contributed by atoms with van der Waals surface area (Å²) in [6.45, 7) is 0.859. The molecule has 0 amide bonds. The van der Waals surface area contributed by atoms with Crippen LogP contribution >= 0.6 is 0 Å². The molecule has 21 heavy (non-hydrogen) atoms. The van der Waals surface area contributed by atoms with E-state index in [1.54, 1.807) is 0 Å². The summed E-state index contributed by atoms with van der Waals surface area (Å²) in [5, 5.41) is 3.57. The molecule has 0 heterocycles. The largest absolute Gasteiger partial charge is 0.313 e. The normalized spacial score (nSPS) is 22.0. The van der Waals surface area contributed by atoms with Gasteiger partial charge in [-0.2, -0.15) is 0 Å². The molecule has 0 aromatic heterocycles. The van der Waals surface area contributed by atoms with E-state index < -0.39 is 11.6 Å². The first-order valence-corrected chi connectivity index (χ1v) is 8.42. The summed E-state index contributed by atoms with van der Waals surface area (Å²) in [6, 6.07) is 4.68. The van der Waals surface area contributed by atoms with E-state index in [9.17, 15) is 8.78 Å². The molecular weight excluding hydrogens is 268 g/mol. The minimum absolute atomic E-state index is 0.244. The van der Waals surface area contributed by atoms with E-state index in [1.165, 1.54) is 63.5 Å². The maximum absolute atomic E-state index is 13.6. The number of hydrogen-bond acceptors (Lipinski definition) is 1. The van der Waals surface area contributed by atoms with Gasteiger partial charge in [-0.15, -0.1) is 0 Å². The van der Waals surface area contributed by atoms with Gasteiger partial charge in [0.1, 0.15) is 11.6 Å². The number of halogens is 2. The minimum atomic E-state index is -0.449. The average Bonchev–Trinajstić information content (AvgIpc) is 3.24. The molecule has 2 fully saturated rings.